The van der Waals surface area contributed by atoms with Crippen molar-refractivity contribution in [3.63, 3.8) is 0 Å². The number of benzene rings is 1. The molecule has 2 heterocycles. The summed E-state index contributed by atoms with van der Waals surface area (Å²) < 4.78 is 11.1. The molecule has 1 amide bonds. The maximum absolute atomic E-state index is 12.6. The lowest BCUT2D eigenvalue weighted by atomic mass is 10.1. The topological polar surface area (TPSA) is 60.5 Å². The molecule has 26 heavy (non-hydrogen) atoms. The van der Waals surface area contributed by atoms with Crippen LogP contribution in [0.5, 0.6) is 11.5 Å². The van der Waals surface area contributed by atoms with Crippen molar-refractivity contribution in [2.45, 2.75) is 26.0 Å². The Balaban J connectivity index is 1.70. The Labute approximate surface area is 160 Å². The van der Waals surface area contributed by atoms with Crippen molar-refractivity contribution in [2.24, 2.45) is 0 Å². The Bertz CT molecular complexity index is 833. The Morgan fingerprint density at radius 2 is 2.19 bits per heavy atom. The molecule has 1 atom stereocenters. The van der Waals surface area contributed by atoms with Crippen LogP contribution in [0.15, 0.2) is 46.6 Å². The van der Waals surface area contributed by atoms with Gasteiger partial charge < -0.3 is 14.8 Å². The van der Waals surface area contributed by atoms with Crippen LogP contribution in [0.1, 0.15) is 40.3 Å². The lowest BCUT2D eigenvalue weighted by Gasteiger charge is -2.16. The zero-order chi connectivity index (χ0) is 18.4. The predicted molar refractivity (Wildman–Crippen MR) is 104 cm³/mol. The van der Waals surface area contributed by atoms with Crippen LogP contribution in [0.4, 0.5) is 0 Å². The Kier molecular flexibility index (Phi) is 6.25. The highest BCUT2D eigenvalue weighted by Gasteiger charge is 2.17. The molecule has 0 bridgehead atoms. The first-order valence-electron chi connectivity index (χ1n) is 8.23. The van der Waals surface area contributed by atoms with Crippen LogP contribution in [-0.2, 0) is 6.61 Å². The third kappa shape index (κ3) is 4.42. The zero-order valence-electron chi connectivity index (χ0n) is 14.6. The first-order valence-corrected chi connectivity index (χ1v) is 10.1. The number of ether oxygens (including phenoxy) is 2. The summed E-state index contributed by atoms with van der Waals surface area (Å²) in [4.78, 5) is 18.0. The van der Waals surface area contributed by atoms with Crippen LogP contribution in [0.2, 0.25) is 0 Å². The highest BCUT2D eigenvalue weighted by atomic mass is 32.1. The standard InChI is InChI=1S/C19H20N2O3S2/c1-3-15(18-5-4-8-26-18)21-19(22)13-6-7-16(17(9-13)23-2)24-10-14-11-25-12-20-14/h4-9,11-12,15H,3,10H2,1-2H3,(H,21,22). The molecule has 7 heteroatoms. The van der Waals surface area contributed by atoms with E-state index >= 15 is 0 Å². The lowest BCUT2D eigenvalue weighted by Crippen LogP contribution is -2.27. The van der Waals surface area contributed by atoms with E-state index < -0.39 is 0 Å². The fraction of sp³-hybridized carbons (Fsp3) is 0.263. The number of methoxy groups -OCH3 is 1. The van der Waals surface area contributed by atoms with Gasteiger partial charge in [0.25, 0.3) is 5.91 Å². The quantitative estimate of drug-likeness (QED) is 0.609. The number of nitrogens with zero attached hydrogens (tertiary/aromatic N) is 1. The highest BCUT2D eigenvalue weighted by molar-refractivity contribution is 7.10. The van der Waals surface area contributed by atoms with Crippen molar-refractivity contribution in [1.29, 1.82) is 0 Å². The number of hydrogen-bond donors (Lipinski definition) is 1. The van der Waals surface area contributed by atoms with Gasteiger partial charge >= 0.3 is 0 Å². The molecule has 2 aromatic heterocycles. The van der Waals surface area contributed by atoms with Gasteiger partial charge in [0.15, 0.2) is 11.5 Å². The van der Waals surface area contributed by atoms with E-state index in [1.165, 1.54) is 11.3 Å². The Morgan fingerprint density at radius 1 is 1.31 bits per heavy atom. The number of hydrogen-bond acceptors (Lipinski definition) is 6. The number of thiazole rings is 1. The molecule has 1 aromatic carbocycles. The molecule has 5 nitrogen and oxygen atoms in total. The van der Waals surface area contributed by atoms with Crippen molar-refractivity contribution < 1.29 is 14.3 Å². The average Bonchev–Trinajstić information content (AvgIpc) is 3.37. The fourth-order valence-corrected chi connectivity index (χ4v) is 3.90. The van der Waals surface area contributed by atoms with Crippen molar-refractivity contribution in [3.05, 3.63) is 62.7 Å². The molecule has 3 aromatic rings. The number of rotatable bonds is 8. The number of thiophene rings is 1. The zero-order valence-corrected chi connectivity index (χ0v) is 16.2. The van der Waals surface area contributed by atoms with E-state index in [0.717, 1.165) is 17.0 Å². The van der Waals surface area contributed by atoms with E-state index in [0.29, 0.717) is 23.7 Å². The summed E-state index contributed by atoms with van der Waals surface area (Å²) in [5, 5.41) is 7.03. The second-order valence-electron chi connectivity index (χ2n) is 5.58. The Hall–Kier alpha value is -2.38. The second kappa shape index (κ2) is 8.82. The van der Waals surface area contributed by atoms with Gasteiger partial charge in [0.1, 0.15) is 6.61 Å². The minimum atomic E-state index is -0.130. The molecule has 0 radical (unpaired) electrons. The second-order valence-corrected chi connectivity index (χ2v) is 7.28. The molecular formula is C19H20N2O3S2. The third-order valence-electron chi connectivity index (χ3n) is 3.89. The molecule has 0 saturated heterocycles. The largest absolute Gasteiger partial charge is 0.493 e. The van der Waals surface area contributed by atoms with Crippen molar-refractivity contribution >= 4 is 28.6 Å². The summed E-state index contributed by atoms with van der Waals surface area (Å²) >= 11 is 3.17. The molecule has 1 N–H and O–H groups in total. The van der Waals surface area contributed by atoms with E-state index in [1.54, 1.807) is 42.2 Å². The number of carbonyl (C=O) groups excluding carboxylic acids is 1. The summed E-state index contributed by atoms with van der Waals surface area (Å²) in [5.74, 6) is 0.981. The fourth-order valence-electron chi connectivity index (χ4n) is 2.49. The lowest BCUT2D eigenvalue weighted by molar-refractivity contribution is 0.0936. The van der Waals surface area contributed by atoms with Crippen LogP contribution in [-0.4, -0.2) is 18.0 Å². The van der Waals surface area contributed by atoms with Gasteiger partial charge in [-0.05, 0) is 36.1 Å². The van der Waals surface area contributed by atoms with Gasteiger partial charge in [-0.1, -0.05) is 13.0 Å². The number of amides is 1. The van der Waals surface area contributed by atoms with E-state index in [4.69, 9.17) is 9.47 Å². The third-order valence-corrected chi connectivity index (χ3v) is 5.51. The van der Waals surface area contributed by atoms with E-state index in [9.17, 15) is 4.79 Å². The van der Waals surface area contributed by atoms with Gasteiger partial charge in [-0.15, -0.1) is 22.7 Å². The van der Waals surface area contributed by atoms with Crippen molar-refractivity contribution in [3.8, 4) is 11.5 Å². The van der Waals surface area contributed by atoms with Crippen LogP contribution < -0.4 is 14.8 Å². The SMILES string of the molecule is CCC(NC(=O)c1ccc(OCc2cscn2)c(OC)c1)c1cccs1. The smallest absolute Gasteiger partial charge is 0.251 e. The molecule has 0 aliphatic heterocycles. The van der Waals surface area contributed by atoms with Crippen LogP contribution in [0.3, 0.4) is 0 Å². The maximum atomic E-state index is 12.6. The molecule has 136 valence electrons. The first kappa shape index (κ1) is 18.4. The van der Waals surface area contributed by atoms with Gasteiger partial charge in [-0.2, -0.15) is 0 Å². The first-order chi connectivity index (χ1) is 12.7. The molecule has 1 unspecified atom stereocenters. The molecule has 0 saturated carbocycles. The minimum Gasteiger partial charge on any atom is -0.493 e. The monoisotopic (exact) mass is 388 g/mol. The predicted octanol–water partition coefficient (Wildman–Crippen LogP) is 4.67. The minimum absolute atomic E-state index is 0.00841. The van der Waals surface area contributed by atoms with E-state index in [2.05, 4.69) is 17.2 Å². The van der Waals surface area contributed by atoms with Gasteiger partial charge in [0, 0.05) is 15.8 Å². The molecule has 0 aliphatic carbocycles. The van der Waals surface area contributed by atoms with Crippen LogP contribution in [0.25, 0.3) is 0 Å². The molecule has 0 spiro atoms. The van der Waals surface area contributed by atoms with Gasteiger partial charge in [0.2, 0.25) is 0 Å². The van der Waals surface area contributed by atoms with Gasteiger partial charge in [0.05, 0.1) is 24.4 Å². The summed E-state index contributed by atoms with van der Waals surface area (Å²) in [5.41, 5.74) is 3.17. The van der Waals surface area contributed by atoms with Crippen LogP contribution in [0, 0.1) is 0 Å². The summed E-state index contributed by atoms with van der Waals surface area (Å²) in [6.45, 7) is 2.42. The van der Waals surface area contributed by atoms with Gasteiger partial charge in [-0.25, -0.2) is 4.98 Å². The maximum Gasteiger partial charge on any atom is 0.251 e. The number of aromatic nitrogens is 1. The number of carbonyl (C=O) groups is 1. The summed E-state index contributed by atoms with van der Waals surface area (Å²) in [6.07, 6.45) is 0.832. The Morgan fingerprint density at radius 3 is 2.85 bits per heavy atom. The van der Waals surface area contributed by atoms with Crippen molar-refractivity contribution in [1.82, 2.24) is 10.3 Å². The van der Waals surface area contributed by atoms with Crippen LogP contribution >= 0.6 is 22.7 Å². The van der Waals surface area contributed by atoms with E-state index in [1.807, 2.05) is 22.9 Å². The summed E-state index contributed by atoms with van der Waals surface area (Å²) in [6, 6.07) is 9.24. The molecule has 3 rings (SSSR count). The van der Waals surface area contributed by atoms with Gasteiger partial charge in [-0.3, -0.25) is 4.79 Å². The molecule has 0 aliphatic rings. The summed E-state index contributed by atoms with van der Waals surface area (Å²) in [7, 11) is 1.56. The average molecular weight is 389 g/mol. The normalized spacial score (nSPS) is 11.8. The van der Waals surface area contributed by atoms with E-state index in [-0.39, 0.29) is 11.9 Å². The molecular weight excluding hydrogens is 368 g/mol. The molecule has 0 fully saturated rings. The van der Waals surface area contributed by atoms with Crippen molar-refractivity contribution in [2.75, 3.05) is 7.11 Å². The number of nitrogens with one attached hydrogen (secondary N) is 1. The highest BCUT2D eigenvalue weighted by Crippen LogP contribution is 2.29.